The maximum absolute atomic E-state index is 10.7. The summed E-state index contributed by atoms with van der Waals surface area (Å²) in [6.07, 6.45) is 1.62. The molecule has 0 atom stereocenters. The van der Waals surface area contributed by atoms with Crippen LogP contribution >= 0.6 is 0 Å². The third kappa shape index (κ3) is 2.66. The van der Waals surface area contributed by atoms with Crippen LogP contribution in [0, 0.1) is 0 Å². The number of hydrogen-bond donors (Lipinski definition) is 0. The fraction of sp³-hybridized carbons (Fsp3) is 0.222. The van der Waals surface area contributed by atoms with Crippen LogP contribution in [0.3, 0.4) is 0 Å². The second kappa shape index (κ2) is 4.35. The van der Waals surface area contributed by atoms with E-state index in [0.29, 0.717) is 5.69 Å². The highest BCUT2D eigenvalue weighted by Gasteiger charge is 2.04. The van der Waals surface area contributed by atoms with E-state index < -0.39 is 0 Å². The molecule has 0 aliphatic rings. The summed E-state index contributed by atoms with van der Waals surface area (Å²) in [7, 11) is 1.45. The number of aromatic nitrogens is 1. The molecule has 4 nitrogen and oxygen atoms in total. The molecular formula is C9H10N2O2. The molecule has 4 heteroatoms. The van der Waals surface area contributed by atoms with Crippen LogP contribution in [0.4, 0.5) is 0 Å². The molecule has 0 unspecified atom stereocenters. The second-order valence-corrected chi connectivity index (χ2v) is 2.36. The minimum atomic E-state index is -0.303. The van der Waals surface area contributed by atoms with Crippen molar-refractivity contribution in [3.05, 3.63) is 30.1 Å². The Bertz CT molecular complexity index is 320. The average molecular weight is 178 g/mol. The van der Waals surface area contributed by atoms with Gasteiger partial charge in [0, 0.05) is 13.1 Å². The molecule has 1 aromatic heterocycles. The van der Waals surface area contributed by atoms with E-state index in [4.69, 9.17) is 4.74 Å². The highest BCUT2D eigenvalue weighted by atomic mass is 16.5. The molecule has 1 amide bonds. The van der Waals surface area contributed by atoms with E-state index in [2.05, 4.69) is 9.98 Å². The Kier molecular flexibility index (Phi) is 3.14. The van der Waals surface area contributed by atoms with Gasteiger partial charge in [0.05, 0.1) is 7.11 Å². The Labute approximate surface area is 76.3 Å². The zero-order valence-electron chi connectivity index (χ0n) is 7.52. The lowest BCUT2D eigenvalue weighted by atomic mass is 10.3. The number of methoxy groups -OCH3 is 1. The number of carbonyl (C=O) groups excluding carboxylic acids is 1. The zero-order valence-corrected chi connectivity index (χ0v) is 7.52. The first-order valence-electron chi connectivity index (χ1n) is 3.78. The quantitative estimate of drug-likeness (QED) is 0.476. The zero-order chi connectivity index (χ0) is 9.68. The molecule has 0 N–H and O–H groups in total. The van der Waals surface area contributed by atoms with E-state index >= 15 is 0 Å². The summed E-state index contributed by atoms with van der Waals surface area (Å²) < 4.78 is 4.91. The maximum Gasteiger partial charge on any atom is 0.245 e. The largest absolute Gasteiger partial charge is 0.479 e. The number of aliphatic imine (C=N–C) groups is 1. The lowest BCUT2D eigenvalue weighted by Gasteiger charge is -2.01. The number of ether oxygens (including phenoxy) is 1. The van der Waals surface area contributed by atoms with Gasteiger partial charge < -0.3 is 4.74 Å². The summed E-state index contributed by atoms with van der Waals surface area (Å²) in [6.45, 7) is 1.36. The molecule has 0 aromatic carbocycles. The SMILES string of the molecule is CO/C(=N\C(C)=O)c1ccccn1. The predicted octanol–water partition coefficient (Wildman–Crippen LogP) is 1.02. The summed E-state index contributed by atoms with van der Waals surface area (Å²) >= 11 is 0. The monoisotopic (exact) mass is 178 g/mol. The third-order valence-corrected chi connectivity index (χ3v) is 1.34. The molecule has 68 valence electrons. The molecule has 0 saturated heterocycles. The van der Waals surface area contributed by atoms with Gasteiger partial charge in [0.15, 0.2) is 0 Å². The standard InChI is InChI=1S/C9H10N2O2/c1-7(12)11-9(13-2)8-5-3-4-6-10-8/h3-6H,1-2H3/b11-9-. The molecule has 0 radical (unpaired) electrons. The normalized spacial score (nSPS) is 11.1. The van der Waals surface area contributed by atoms with Gasteiger partial charge in [0.2, 0.25) is 11.8 Å². The molecule has 0 fully saturated rings. The third-order valence-electron chi connectivity index (χ3n) is 1.34. The number of amides is 1. The smallest absolute Gasteiger partial charge is 0.245 e. The minimum absolute atomic E-state index is 0.244. The molecule has 0 bridgehead atoms. The van der Waals surface area contributed by atoms with Crippen LogP contribution in [0.2, 0.25) is 0 Å². The van der Waals surface area contributed by atoms with Crippen molar-refractivity contribution in [1.82, 2.24) is 4.98 Å². The van der Waals surface area contributed by atoms with Crippen molar-refractivity contribution in [2.45, 2.75) is 6.92 Å². The van der Waals surface area contributed by atoms with Crippen LogP contribution in [0.1, 0.15) is 12.6 Å². The van der Waals surface area contributed by atoms with Gasteiger partial charge in [0.1, 0.15) is 5.69 Å². The number of hydrogen-bond acceptors (Lipinski definition) is 3. The molecule has 1 aromatic rings. The highest BCUT2D eigenvalue weighted by Crippen LogP contribution is 1.97. The van der Waals surface area contributed by atoms with Crippen molar-refractivity contribution in [3.8, 4) is 0 Å². The van der Waals surface area contributed by atoms with Gasteiger partial charge in [-0.3, -0.25) is 9.78 Å². The van der Waals surface area contributed by atoms with Crippen molar-refractivity contribution in [2.24, 2.45) is 4.99 Å². The summed E-state index contributed by atoms with van der Waals surface area (Å²) in [5.74, 6) is -0.0596. The van der Waals surface area contributed by atoms with Crippen LogP contribution in [0.5, 0.6) is 0 Å². The molecule has 0 saturated carbocycles. The molecule has 0 aliphatic heterocycles. The van der Waals surface area contributed by atoms with Gasteiger partial charge in [-0.15, -0.1) is 0 Å². The lowest BCUT2D eigenvalue weighted by molar-refractivity contribution is -0.115. The number of nitrogens with zero attached hydrogens (tertiary/aromatic N) is 2. The van der Waals surface area contributed by atoms with E-state index in [1.807, 2.05) is 0 Å². The first-order chi connectivity index (χ1) is 6.24. The molecular weight excluding hydrogens is 168 g/mol. The summed E-state index contributed by atoms with van der Waals surface area (Å²) in [5.41, 5.74) is 0.556. The summed E-state index contributed by atoms with van der Waals surface area (Å²) in [4.78, 5) is 18.3. The van der Waals surface area contributed by atoms with Gasteiger partial charge in [-0.05, 0) is 12.1 Å². The number of rotatable bonds is 1. The van der Waals surface area contributed by atoms with Crippen LogP contribution in [-0.4, -0.2) is 23.9 Å². The molecule has 0 aliphatic carbocycles. The van der Waals surface area contributed by atoms with E-state index in [0.717, 1.165) is 0 Å². The molecule has 13 heavy (non-hydrogen) atoms. The summed E-state index contributed by atoms with van der Waals surface area (Å²) in [6, 6.07) is 5.31. The van der Waals surface area contributed by atoms with Crippen molar-refractivity contribution < 1.29 is 9.53 Å². The van der Waals surface area contributed by atoms with Gasteiger partial charge in [-0.1, -0.05) is 6.07 Å². The van der Waals surface area contributed by atoms with Gasteiger partial charge >= 0.3 is 0 Å². The van der Waals surface area contributed by atoms with Gasteiger partial charge in [-0.2, -0.15) is 4.99 Å². The average Bonchev–Trinajstić information content (AvgIpc) is 2.15. The number of carbonyl (C=O) groups is 1. The van der Waals surface area contributed by atoms with Crippen LogP contribution in [0.15, 0.2) is 29.4 Å². The van der Waals surface area contributed by atoms with Gasteiger partial charge in [-0.25, -0.2) is 0 Å². The second-order valence-electron chi connectivity index (χ2n) is 2.36. The Balaban J connectivity index is 2.98. The van der Waals surface area contributed by atoms with Crippen molar-refractivity contribution in [1.29, 1.82) is 0 Å². The van der Waals surface area contributed by atoms with Crippen molar-refractivity contribution >= 4 is 11.8 Å². The van der Waals surface area contributed by atoms with Crippen molar-refractivity contribution in [3.63, 3.8) is 0 Å². The van der Waals surface area contributed by atoms with E-state index in [1.165, 1.54) is 14.0 Å². The van der Waals surface area contributed by atoms with E-state index in [-0.39, 0.29) is 11.8 Å². The minimum Gasteiger partial charge on any atom is -0.479 e. The van der Waals surface area contributed by atoms with E-state index in [1.54, 1.807) is 24.4 Å². The first kappa shape index (κ1) is 9.38. The topological polar surface area (TPSA) is 51.5 Å². The maximum atomic E-state index is 10.7. The molecule has 1 heterocycles. The first-order valence-corrected chi connectivity index (χ1v) is 3.78. The fourth-order valence-corrected chi connectivity index (χ4v) is 0.840. The molecule has 0 spiro atoms. The fourth-order valence-electron chi connectivity index (χ4n) is 0.840. The van der Waals surface area contributed by atoms with Gasteiger partial charge in [0.25, 0.3) is 0 Å². The van der Waals surface area contributed by atoms with Crippen LogP contribution < -0.4 is 0 Å². The Morgan fingerprint density at radius 2 is 2.31 bits per heavy atom. The predicted molar refractivity (Wildman–Crippen MR) is 48.5 cm³/mol. The summed E-state index contributed by atoms with van der Waals surface area (Å²) in [5, 5.41) is 0. The Hall–Kier alpha value is -1.71. The van der Waals surface area contributed by atoms with E-state index in [9.17, 15) is 4.79 Å². The highest BCUT2D eigenvalue weighted by molar-refractivity contribution is 5.99. The Morgan fingerprint density at radius 1 is 1.54 bits per heavy atom. The number of pyridine rings is 1. The lowest BCUT2D eigenvalue weighted by Crippen LogP contribution is -2.07. The molecule has 1 rings (SSSR count). The Morgan fingerprint density at radius 3 is 2.77 bits per heavy atom. The van der Waals surface area contributed by atoms with Crippen LogP contribution in [0.25, 0.3) is 0 Å². The van der Waals surface area contributed by atoms with Crippen molar-refractivity contribution in [2.75, 3.05) is 7.11 Å². The van der Waals surface area contributed by atoms with Crippen LogP contribution in [-0.2, 0) is 9.53 Å².